The van der Waals surface area contributed by atoms with Gasteiger partial charge in [-0.25, -0.2) is 0 Å². The minimum Gasteiger partial charge on any atom is -0.469 e. The zero-order chi connectivity index (χ0) is 6.69. The van der Waals surface area contributed by atoms with E-state index < -0.39 is 0 Å². The van der Waals surface area contributed by atoms with Crippen molar-refractivity contribution in [2.45, 2.75) is 19.4 Å². The molecule has 0 aliphatic carbocycles. The SMILES string of the molecule is CC(N)Cc1c[c]co1. The molecule has 0 bridgehead atoms. The van der Waals surface area contributed by atoms with Crippen LogP contribution < -0.4 is 5.73 Å². The van der Waals surface area contributed by atoms with Crippen LogP contribution in [0.3, 0.4) is 0 Å². The Balaban J connectivity index is 2.48. The Labute approximate surface area is 54.7 Å². The smallest absolute Gasteiger partial charge is 0.105 e. The van der Waals surface area contributed by atoms with Gasteiger partial charge in [0, 0.05) is 18.5 Å². The first-order valence-corrected chi connectivity index (χ1v) is 2.98. The highest BCUT2D eigenvalue weighted by Crippen LogP contribution is 2.00. The molecule has 0 amide bonds. The molecule has 9 heavy (non-hydrogen) atoms. The van der Waals surface area contributed by atoms with Gasteiger partial charge in [0.05, 0.1) is 6.26 Å². The first kappa shape index (κ1) is 6.36. The average molecular weight is 124 g/mol. The molecule has 1 aromatic rings. The molecule has 0 aromatic carbocycles. The Morgan fingerprint density at radius 1 is 1.89 bits per heavy atom. The van der Waals surface area contributed by atoms with Gasteiger partial charge in [-0.15, -0.1) is 0 Å². The van der Waals surface area contributed by atoms with Gasteiger partial charge in [0.15, 0.2) is 0 Å². The van der Waals surface area contributed by atoms with Crippen molar-refractivity contribution in [1.82, 2.24) is 0 Å². The van der Waals surface area contributed by atoms with Crippen molar-refractivity contribution in [3.8, 4) is 0 Å². The van der Waals surface area contributed by atoms with Gasteiger partial charge in [-0.3, -0.25) is 0 Å². The van der Waals surface area contributed by atoms with Gasteiger partial charge in [-0.2, -0.15) is 0 Å². The quantitative estimate of drug-likeness (QED) is 0.638. The van der Waals surface area contributed by atoms with Gasteiger partial charge in [0.1, 0.15) is 5.76 Å². The summed E-state index contributed by atoms with van der Waals surface area (Å²) >= 11 is 0. The summed E-state index contributed by atoms with van der Waals surface area (Å²) < 4.78 is 5.01. The Morgan fingerprint density at radius 3 is 3.11 bits per heavy atom. The highest BCUT2D eigenvalue weighted by atomic mass is 16.3. The molecule has 2 heteroatoms. The maximum Gasteiger partial charge on any atom is 0.105 e. The lowest BCUT2D eigenvalue weighted by Gasteiger charge is -1.98. The number of hydrogen-bond donors (Lipinski definition) is 1. The minimum absolute atomic E-state index is 0.171. The first-order valence-electron chi connectivity index (χ1n) is 2.98. The monoisotopic (exact) mass is 124 g/mol. The fourth-order valence-electron chi connectivity index (χ4n) is 0.695. The summed E-state index contributed by atoms with van der Waals surface area (Å²) in [6.45, 7) is 1.95. The molecule has 0 spiro atoms. The van der Waals surface area contributed by atoms with Gasteiger partial charge in [0.25, 0.3) is 0 Å². The van der Waals surface area contributed by atoms with Crippen LogP contribution in [0.25, 0.3) is 0 Å². The normalized spacial score (nSPS) is 13.6. The average Bonchev–Trinajstić information content (AvgIpc) is 2.15. The Hall–Kier alpha value is -0.760. The van der Waals surface area contributed by atoms with Crippen LogP contribution in [0.15, 0.2) is 16.7 Å². The van der Waals surface area contributed by atoms with Crippen LogP contribution in [0.5, 0.6) is 0 Å². The molecule has 2 nitrogen and oxygen atoms in total. The van der Waals surface area contributed by atoms with E-state index in [0.717, 1.165) is 12.2 Å². The molecule has 0 aliphatic heterocycles. The van der Waals surface area contributed by atoms with Gasteiger partial charge in [0.2, 0.25) is 0 Å². The van der Waals surface area contributed by atoms with E-state index in [2.05, 4.69) is 6.07 Å². The van der Waals surface area contributed by atoms with E-state index in [1.165, 1.54) is 6.26 Å². The molecule has 2 N–H and O–H groups in total. The fourth-order valence-corrected chi connectivity index (χ4v) is 0.695. The van der Waals surface area contributed by atoms with E-state index in [-0.39, 0.29) is 6.04 Å². The third-order valence-corrected chi connectivity index (χ3v) is 1.05. The molecule has 1 atom stereocenters. The molecular weight excluding hydrogens is 114 g/mol. The van der Waals surface area contributed by atoms with E-state index in [9.17, 15) is 0 Å². The maximum absolute atomic E-state index is 5.51. The summed E-state index contributed by atoms with van der Waals surface area (Å²) in [5.74, 6) is 0.907. The predicted molar refractivity (Wildman–Crippen MR) is 34.9 cm³/mol. The summed E-state index contributed by atoms with van der Waals surface area (Å²) in [7, 11) is 0. The molecule has 49 valence electrons. The molecule has 1 heterocycles. The van der Waals surface area contributed by atoms with Crippen molar-refractivity contribution in [1.29, 1.82) is 0 Å². The molecular formula is C7H10NO. The van der Waals surface area contributed by atoms with E-state index in [1.807, 2.05) is 13.0 Å². The van der Waals surface area contributed by atoms with Crippen molar-refractivity contribution in [3.63, 3.8) is 0 Å². The topological polar surface area (TPSA) is 39.2 Å². The van der Waals surface area contributed by atoms with Crippen LogP contribution in [0.1, 0.15) is 12.7 Å². The summed E-state index contributed by atoms with van der Waals surface area (Å²) in [6.07, 6.45) is 2.33. The second-order valence-electron chi connectivity index (χ2n) is 2.19. The van der Waals surface area contributed by atoms with Crippen LogP contribution >= 0.6 is 0 Å². The molecule has 1 rings (SSSR count). The van der Waals surface area contributed by atoms with E-state index in [4.69, 9.17) is 10.2 Å². The summed E-state index contributed by atoms with van der Waals surface area (Å²) in [6, 6.07) is 4.79. The molecule has 0 fully saturated rings. The van der Waals surface area contributed by atoms with Crippen molar-refractivity contribution in [2.75, 3.05) is 0 Å². The number of rotatable bonds is 2. The van der Waals surface area contributed by atoms with Crippen LogP contribution in [-0.4, -0.2) is 6.04 Å². The lowest BCUT2D eigenvalue weighted by atomic mass is 10.2. The van der Waals surface area contributed by atoms with E-state index in [1.54, 1.807) is 0 Å². The van der Waals surface area contributed by atoms with Gasteiger partial charge >= 0.3 is 0 Å². The van der Waals surface area contributed by atoms with Gasteiger partial charge < -0.3 is 10.2 Å². The van der Waals surface area contributed by atoms with Crippen LogP contribution in [0, 0.1) is 6.07 Å². The molecule has 1 unspecified atom stereocenters. The highest BCUT2D eigenvalue weighted by Gasteiger charge is 1.98. The minimum atomic E-state index is 0.171. The lowest BCUT2D eigenvalue weighted by molar-refractivity contribution is 0.492. The third kappa shape index (κ3) is 1.90. The summed E-state index contributed by atoms with van der Waals surface area (Å²) in [4.78, 5) is 0. The van der Waals surface area contributed by atoms with Crippen LogP contribution in [0.4, 0.5) is 0 Å². The third-order valence-electron chi connectivity index (χ3n) is 1.05. The number of nitrogens with two attached hydrogens (primary N) is 1. The first-order chi connectivity index (χ1) is 4.29. The fraction of sp³-hybridized carbons (Fsp3) is 0.429. The Kier molecular flexibility index (Phi) is 1.90. The predicted octanol–water partition coefficient (Wildman–Crippen LogP) is 0.969. The summed E-state index contributed by atoms with van der Waals surface area (Å²) in [5.41, 5.74) is 5.51. The molecule has 0 saturated carbocycles. The standard InChI is InChI=1S/C7H10NO/c1-6(8)5-7-3-2-4-9-7/h3-4,6H,5,8H2,1H3. The number of furan rings is 1. The van der Waals surface area contributed by atoms with E-state index >= 15 is 0 Å². The van der Waals surface area contributed by atoms with E-state index in [0.29, 0.717) is 0 Å². The van der Waals surface area contributed by atoms with Crippen molar-refractivity contribution < 1.29 is 4.42 Å². The second-order valence-corrected chi connectivity index (χ2v) is 2.19. The summed E-state index contributed by atoms with van der Waals surface area (Å²) in [5, 5.41) is 0. The highest BCUT2D eigenvalue weighted by molar-refractivity contribution is 4.97. The molecule has 0 aliphatic rings. The number of hydrogen-bond acceptors (Lipinski definition) is 2. The molecule has 1 aromatic heterocycles. The van der Waals surface area contributed by atoms with Crippen LogP contribution in [-0.2, 0) is 6.42 Å². The largest absolute Gasteiger partial charge is 0.469 e. The second kappa shape index (κ2) is 2.69. The van der Waals surface area contributed by atoms with Gasteiger partial charge in [-0.1, -0.05) is 0 Å². The lowest BCUT2D eigenvalue weighted by Crippen LogP contribution is -2.17. The van der Waals surface area contributed by atoms with Crippen molar-refractivity contribution in [3.05, 3.63) is 24.2 Å². The zero-order valence-electron chi connectivity index (χ0n) is 5.42. The Bertz CT molecular complexity index is 155. The molecule has 1 radical (unpaired) electrons. The zero-order valence-corrected chi connectivity index (χ0v) is 5.42. The molecule has 0 saturated heterocycles. The maximum atomic E-state index is 5.51. The Morgan fingerprint density at radius 2 is 2.67 bits per heavy atom. The van der Waals surface area contributed by atoms with Crippen LogP contribution in [0.2, 0.25) is 0 Å². The van der Waals surface area contributed by atoms with Gasteiger partial charge in [-0.05, 0) is 13.0 Å². The van der Waals surface area contributed by atoms with Crippen molar-refractivity contribution >= 4 is 0 Å². The van der Waals surface area contributed by atoms with Crippen molar-refractivity contribution in [2.24, 2.45) is 5.73 Å².